The van der Waals surface area contributed by atoms with Crippen molar-refractivity contribution in [3.05, 3.63) is 65.2 Å². The average Bonchev–Trinajstić information content (AvgIpc) is 2.79. The van der Waals surface area contributed by atoms with E-state index in [-0.39, 0.29) is 23.6 Å². The lowest BCUT2D eigenvalue weighted by Gasteiger charge is -2.32. The minimum absolute atomic E-state index is 0.0325. The molecule has 3 amide bonds. The van der Waals surface area contributed by atoms with Crippen molar-refractivity contribution in [3.8, 4) is 0 Å². The van der Waals surface area contributed by atoms with E-state index in [0.717, 1.165) is 31.2 Å². The van der Waals surface area contributed by atoms with Crippen molar-refractivity contribution in [3.63, 3.8) is 0 Å². The molecule has 0 spiro atoms. The summed E-state index contributed by atoms with van der Waals surface area (Å²) in [6, 6.07) is 14.3. The molecule has 6 nitrogen and oxygen atoms in total. The van der Waals surface area contributed by atoms with Crippen LogP contribution in [0.3, 0.4) is 0 Å². The van der Waals surface area contributed by atoms with E-state index in [9.17, 15) is 14.4 Å². The summed E-state index contributed by atoms with van der Waals surface area (Å²) < 4.78 is 0. The fourth-order valence-electron chi connectivity index (χ4n) is 3.73. The maximum Gasteiger partial charge on any atom is 0.255 e. The van der Waals surface area contributed by atoms with Gasteiger partial charge in [-0.25, -0.2) is 0 Å². The summed E-state index contributed by atoms with van der Waals surface area (Å²) in [6.45, 7) is 5.80. The van der Waals surface area contributed by atoms with E-state index in [1.54, 1.807) is 41.3 Å². The van der Waals surface area contributed by atoms with Gasteiger partial charge in [-0.3, -0.25) is 14.4 Å². The Morgan fingerprint density at radius 2 is 1.84 bits per heavy atom. The third-order valence-corrected chi connectivity index (χ3v) is 5.59. The Morgan fingerprint density at radius 3 is 2.58 bits per heavy atom. The van der Waals surface area contributed by atoms with E-state index < -0.39 is 0 Å². The molecule has 6 heteroatoms. The first-order valence-corrected chi connectivity index (χ1v) is 11.0. The molecule has 1 aliphatic heterocycles. The molecule has 0 aliphatic carbocycles. The zero-order valence-electron chi connectivity index (χ0n) is 18.3. The molecule has 0 unspecified atom stereocenters. The summed E-state index contributed by atoms with van der Waals surface area (Å²) in [6.07, 6.45) is 3.60. The zero-order valence-corrected chi connectivity index (χ0v) is 18.3. The number of rotatable bonds is 7. The lowest BCUT2D eigenvalue weighted by Crippen LogP contribution is -2.45. The highest BCUT2D eigenvalue weighted by Crippen LogP contribution is 2.21. The number of nitrogens with zero attached hydrogens (tertiary/aromatic N) is 1. The summed E-state index contributed by atoms with van der Waals surface area (Å²) in [5, 5.41) is 5.84. The van der Waals surface area contributed by atoms with Gasteiger partial charge in [0.15, 0.2) is 0 Å². The number of aryl methyl sites for hydroxylation is 1. The lowest BCUT2D eigenvalue weighted by atomic mass is 9.96. The van der Waals surface area contributed by atoms with E-state index in [4.69, 9.17) is 0 Å². The number of hydrogen-bond donors (Lipinski definition) is 2. The Bertz CT molecular complexity index is 924. The van der Waals surface area contributed by atoms with Crippen molar-refractivity contribution in [2.45, 2.75) is 39.5 Å². The summed E-state index contributed by atoms with van der Waals surface area (Å²) >= 11 is 0. The van der Waals surface area contributed by atoms with Gasteiger partial charge in [0.1, 0.15) is 0 Å². The monoisotopic (exact) mass is 421 g/mol. The van der Waals surface area contributed by atoms with E-state index in [1.165, 1.54) is 0 Å². The van der Waals surface area contributed by atoms with E-state index in [1.807, 2.05) is 19.1 Å². The molecule has 2 N–H and O–H groups in total. The second-order valence-corrected chi connectivity index (χ2v) is 8.14. The largest absolute Gasteiger partial charge is 0.356 e. The van der Waals surface area contributed by atoms with E-state index >= 15 is 0 Å². The first kappa shape index (κ1) is 22.5. The van der Waals surface area contributed by atoms with Crippen LogP contribution in [0.2, 0.25) is 0 Å². The third kappa shape index (κ3) is 6.17. The molecule has 1 heterocycles. The van der Waals surface area contributed by atoms with Gasteiger partial charge in [-0.1, -0.05) is 37.1 Å². The van der Waals surface area contributed by atoms with Crippen LogP contribution in [-0.2, 0) is 4.79 Å². The highest BCUT2D eigenvalue weighted by atomic mass is 16.2. The predicted molar refractivity (Wildman–Crippen MR) is 122 cm³/mol. The van der Waals surface area contributed by atoms with Crippen molar-refractivity contribution < 1.29 is 14.4 Å². The molecule has 2 aromatic rings. The van der Waals surface area contributed by atoms with Crippen molar-refractivity contribution >= 4 is 23.4 Å². The van der Waals surface area contributed by atoms with Gasteiger partial charge < -0.3 is 15.5 Å². The topological polar surface area (TPSA) is 78.5 Å². The van der Waals surface area contributed by atoms with Crippen LogP contribution >= 0.6 is 0 Å². The van der Waals surface area contributed by atoms with Crippen molar-refractivity contribution in [1.82, 2.24) is 10.2 Å². The molecule has 2 aromatic carbocycles. The molecule has 0 aromatic heterocycles. The van der Waals surface area contributed by atoms with Gasteiger partial charge in [-0.05, 0) is 56.5 Å². The number of piperidine rings is 1. The van der Waals surface area contributed by atoms with Crippen LogP contribution in [0.1, 0.15) is 58.9 Å². The number of amides is 3. The predicted octanol–water partition coefficient (Wildman–Crippen LogP) is 4.02. The molecule has 1 atom stereocenters. The average molecular weight is 422 g/mol. The van der Waals surface area contributed by atoms with Crippen LogP contribution < -0.4 is 10.6 Å². The van der Waals surface area contributed by atoms with Crippen LogP contribution in [0, 0.1) is 12.8 Å². The van der Waals surface area contributed by atoms with Gasteiger partial charge >= 0.3 is 0 Å². The Kier molecular flexibility index (Phi) is 7.82. The first-order valence-electron chi connectivity index (χ1n) is 11.0. The number of benzene rings is 2. The van der Waals surface area contributed by atoms with Crippen LogP contribution in [0.15, 0.2) is 48.5 Å². The van der Waals surface area contributed by atoms with Gasteiger partial charge in [-0.2, -0.15) is 0 Å². The van der Waals surface area contributed by atoms with Crippen molar-refractivity contribution in [2.75, 3.05) is 25.0 Å². The van der Waals surface area contributed by atoms with Gasteiger partial charge in [0.25, 0.3) is 11.8 Å². The van der Waals surface area contributed by atoms with Crippen LogP contribution in [0.5, 0.6) is 0 Å². The minimum atomic E-state index is -0.216. The fourth-order valence-corrected chi connectivity index (χ4v) is 3.73. The minimum Gasteiger partial charge on any atom is -0.356 e. The maximum atomic E-state index is 13.1. The molecule has 3 rings (SSSR count). The van der Waals surface area contributed by atoms with Crippen LogP contribution in [0.25, 0.3) is 0 Å². The lowest BCUT2D eigenvalue weighted by molar-refractivity contribution is -0.126. The van der Waals surface area contributed by atoms with Gasteiger partial charge in [-0.15, -0.1) is 0 Å². The second kappa shape index (κ2) is 10.8. The SMILES string of the molecule is CCCCNC(=O)[C@@H]1CCCN(C(=O)c2cccc(NC(=O)c3ccc(C)cc3)c2)C1. The molecular weight excluding hydrogens is 390 g/mol. The Balaban J connectivity index is 1.63. The maximum absolute atomic E-state index is 13.1. The van der Waals surface area contributed by atoms with Crippen LogP contribution in [0.4, 0.5) is 5.69 Å². The number of carbonyl (C=O) groups excluding carboxylic acids is 3. The van der Waals surface area contributed by atoms with Crippen molar-refractivity contribution in [2.24, 2.45) is 5.92 Å². The Hall–Kier alpha value is -3.15. The highest BCUT2D eigenvalue weighted by molar-refractivity contribution is 6.05. The number of carbonyl (C=O) groups is 3. The van der Waals surface area contributed by atoms with Gasteiger partial charge in [0, 0.05) is 36.4 Å². The number of unbranched alkanes of at least 4 members (excludes halogenated alkanes) is 1. The number of nitrogens with one attached hydrogen (secondary N) is 2. The summed E-state index contributed by atoms with van der Waals surface area (Å²) in [5.41, 5.74) is 2.73. The van der Waals surface area contributed by atoms with E-state index in [0.29, 0.717) is 36.4 Å². The van der Waals surface area contributed by atoms with Gasteiger partial charge in [0.05, 0.1) is 5.92 Å². The standard InChI is InChI=1S/C25H31N3O3/c1-3-4-14-26-23(29)21-8-6-15-28(17-21)25(31)20-7-5-9-22(16-20)27-24(30)19-12-10-18(2)11-13-19/h5,7,9-13,16,21H,3-4,6,8,14-15,17H2,1-2H3,(H,26,29)(H,27,30)/t21-/m1/s1. The molecule has 1 aliphatic rings. The normalized spacial score (nSPS) is 15.9. The summed E-state index contributed by atoms with van der Waals surface area (Å²) in [4.78, 5) is 39.7. The number of likely N-dealkylation sites (tertiary alicyclic amines) is 1. The number of anilines is 1. The molecule has 164 valence electrons. The molecule has 0 saturated carbocycles. The van der Waals surface area contributed by atoms with Gasteiger partial charge in [0.2, 0.25) is 5.91 Å². The highest BCUT2D eigenvalue weighted by Gasteiger charge is 2.28. The molecule has 31 heavy (non-hydrogen) atoms. The number of hydrogen-bond acceptors (Lipinski definition) is 3. The van der Waals surface area contributed by atoms with E-state index in [2.05, 4.69) is 17.6 Å². The molecular formula is C25H31N3O3. The second-order valence-electron chi connectivity index (χ2n) is 8.14. The molecule has 1 saturated heterocycles. The third-order valence-electron chi connectivity index (χ3n) is 5.59. The molecule has 1 fully saturated rings. The Morgan fingerprint density at radius 1 is 1.06 bits per heavy atom. The summed E-state index contributed by atoms with van der Waals surface area (Å²) in [5.74, 6) is -0.465. The molecule has 0 bridgehead atoms. The smallest absolute Gasteiger partial charge is 0.255 e. The summed E-state index contributed by atoms with van der Waals surface area (Å²) in [7, 11) is 0. The molecule has 0 radical (unpaired) electrons. The Labute approximate surface area is 184 Å². The van der Waals surface area contributed by atoms with Crippen molar-refractivity contribution in [1.29, 1.82) is 0 Å². The zero-order chi connectivity index (χ0) is 22.2. The first-order chi connectivity index (χ1) is 15.0. The quantitative estimate of drug-likeness (QED) is 0.663. The fraction of sp³-hybridized carbons (Fsp3) is 0.400. The van der Waals surface area contributed by atoms with Crippen LogP contribution in [-0.4, -0.2) is 42.3 Å².